The average Bonchev–Trinajstić information content (AvgIpc) is 2.39. The Morgan fingerprint density at radius 3 is 2.89 bits per heavy atom. The van der Waals surface area contributed by atoms with E-state index in [0.29, 0.717) is 11.0 Å². The summed E-state index contributed by atoms with van der Waals surface area (Å²) in [6.07, 6.45) is 1.70. The Balaban J connectivity index is 2.19. The van der Waals surface area contributed by atoms with Crippen molar-refractivity contribution in [1.29, 1.82) is 0 Å². The molecular weight excluding hydrogens is 316 g/mol. The third-order valence-corrected chi connectivity index (χ3v) is 3.99. The van der Waals surface area contributed by atoms with Crippen molar-refractivity contribution in [3.63, 3.8) is 0 Å². The van der Waals surface area contributed by atoms with Crippen molar-refractivity contribution in [3.8, 4) is 5.75 Å². The first kappa shape index (κ1) is 14.7. The van der Waals surface area contributed by atoms with Crippen LogP contribution in [0.4, 0.5) is 8.78 Å². The van der Waals surface area contributed by atoms with Gasteiger partial charge in [0.25, 0.3) is 5.92 Å². The molecule has 0 aromatic heterocycles. The molecule has 1 aliphatic heterocycles. The Labute approximate surface area is 120 Å². The molecule has 1 aliphatic rings. The summed E-state index contributed by atoms with van der Waals surface area (Å²) in [7, 11) is 1.42. The molecule has 1 saturated heterocycles. The maximum atomic E-state index is 14.4. The number of ether oxygens (including phenoxy) is 1. The topological polar surface area (TPSA) is 21.3 Å². The van der Waals surface area contributed by atoms with Crippen LogP contribution in [-0.2, 0) is 5.92 Å². The van der Waals surface area contributed by atoms with Crippen LogP contribution >= 0.6 is 15.9 Å². The molecule has 1 heterocycles. The summed E-state index contributed by atoms with van der Waals surface area (Å²) in [6, 6.07) is 4.74. The summed E-state index contributed by atoms with van der Waals surface area (Å²) < 4.78 is 34.6. The van der Waals surface area contributed by atoms with Gasteiger partial charge in [-0.1, -0.05) is 15.9 Å². The first-order valence-corrected chi connectivity index (χ1v) is 7.25. The van der Waals surface area contributed by atoms with Gasteiger partial charge in [0, 0.05) is 10.9 Å². The van der Waals surface area contributed by atoms with E-state index in [9.17, 15) is 8.78 Å². The second kappa shape index (κ2) is 6.18. The zero-order valence-corrected chi connectivity index (χ0v) is 12.5. The zero-order chi connectivity index (χ0) is 13.9. The van der Waals surface area contributed by atoms with Crippen molar-refractivity contribution in [1.82, 2.24) is 5.32 Å². The van der Waals surface area contributed by atoms with Crippen molar-refractivity contribution < 1.29 is 13.5 Å². The smallest absolute Gasteiger partial charge is 0.277 e. The van der Waals surface area contributed by atoms with Gasteiger partial charge in [0.2, 0.25) is 0 Å². The van der Waals surface area contributed by atoms with Crippen LogP contribution in [0.3, 0.4) is 0 Å². The lowest BCUT2D eigenvalue weighted by atomic mass is 9.90. The molecule has 5 heteroatoms. The molecule has 0 spiro atoms. The molecule has 0 radical (unpaired) electrons. The molecule has 1 aromatic carbocycles. The van der Waals surface area contributed by atoms with Crippen molar-refractivity contribution in [2.75, 3.05) is 20.2 Å². The van der Waals surface area contributed by atoms with Gasteiger partial charge in [0.1, 0.15) is 5.75 Å². The van der Waals surface area contributed by atoms with E-state index in [-0.39, 0.29) is 23.7 Å². The van der Waals surface area contributed by atoms with Gasteiger partial charge < -0.3 is 10.1 Å². The zero-order valence-electron chi connectivity index (χ0n) is 10.9. The first-order valence-electron chi connectivity index (χ1n) is 6.45. The molecule has 0 aliphatic carbocycles. The first-order chi connectivity index (χ1) is 9.03. The SMILES string of the molecule is COc1ccc(Br)cc1C(F)(F)CC1CCCNC1. The second-order valence-corrected chi connectivity index (χ2v) is 5.88. The molecule has 2 nitrogen and oxygen atoms in total. The lowest BCUT2D eigenvalue weighted by Gasteiger charge is -2.28. The van der Waals surface area contributed by atoms with Gasteiger partial charge in [0.15, 0.2) is 0 Å². The number of piperidine rings is 1. The van der Waals surface area contributed by atoms with Crippen LogP contribution in [0, 0.1) is 5.92 Å². The summed E-state index contributed by atoms with van der Waals surface area (Å²) in [4.78, 5) is 0. The maximum absolute atomic E-state index is 14.4. The lowest BCUT2D eigenvalue weighted by Crippen LogP contribution is -2.33. The van der Waals surface area contributed by atoms with Gasteiger partial charge in [-0.05, 0) is 50.0 Å². The minimum atomic E-state index is -2.86. The number of benzene rings is 1. The van der Waals surface area contributed by atoms with E-state index in [1.807, 2.05) is 0 Å². The van der Waals surface area contributed by atoms with Gasteiger partial charge in [0.05, 0.1) is 12.7 Å². The van der Waals surface area contributed by atoms with Gasteiger partial charge in [-0.2, -0.15) is 0 Å². The van der Waals surface area contributed by atoms with Crippen molar-refractivity contribution in [3.05, 3.63) is 28.2 Å². The average molecular weight is 334 g/mol. The number of hydrogen-bond donors (Lipinski definition) is 1. The van der Waals surface area contributed by atoms with E-state index >= 15 is 0 Å². The van der Waals surface area contributed by atoms with E-state index in [0.717, 1.165) is 19.4 Å². The van der Waals surface area contributed by atoms with E-state index in [4.69, 9.17) is 4.74 Å². The summed E-state index contributed by atoms with van der Waals surface area (Å²) in [5, 5.41) is 3.18. The quantitative estimate of drug-likeness (QED) is 0.901. The molecule has 19 heavy (non-hydrogen) atoms. The van der Waals surface area contributed by atoms with E-state index in [1.165, 1.54) is 13.2 Å². The lowest BCUT2D eigenvalue weighted by molar-refractivity contribution is -0.0336. The van der Waals surface area contributed by atoms with Crippen molar-refractivity contribution in [2.45, 2.75) is 25.2 Å². The van der Waals surface area contributed by atoms with E-state index in [2.05, 4.69) is 21.2 Å². The summed E-state index contributed by atoms with van der Waals surface area (Å²) in [6.45, 7) is 1.61. The monoisotopic (exact) mass is 333 g/mol. The predicted molar refractivity (Wildman–Crippen MR) is 74.8 cm³/mol. The Hall–Kier alpha value is -0.680. The molecule has 0 amide bonds. The summed E-state index contributed by atoms with van der Waals surface area (Å²) in [5.41, 5.74) is -0.0325. The molecule has 1 aromatic rings. The molecule has 2 rings (SSSR count). The highest BCUT2D eigenvalue weighted by molar-refractivity contribution is 9.10. The van der Waals surface area contributed by atoms with Gasteiger partial charge in [-0.15, -0.1) is 0 Å². The Kier molecular flexibility index (Phi) is 4.79. The van der Waals surface area contributed by atoms with E-state index in [1.54, 1.807) is 12.1 Å². The van der Waals surface area contributed by atoms with Crippen LogP contribution in [0.1, 0.15) is 24.8 Å². The third-order valence-electron chi connectivity index (χ3n) is 3.50. The molecule has 1 fully saturated rings. The molecular formula is C14H18BrF2NO. The van der Waals surface area contributed by atoms with Crippen molar-refractivity contribution in [2.24, 2.45) is 5.92 Å². The highest BCUT2D eigenvalue weighted by Gasteiger charge is 2.37. The minimum Gasteiger partial charge on any atom is -0.496 e. The predicted octanol–water partition coefficient (Wildman–Crippen LogP) is 3.94. The Morgan fingerprint density at radius 1 is 1.47 bits per heavy atom. The maximum Gasteiger partial charge on any atom is 0.277 e. The van der Waals surface area contributed by atoms with E-state index < -0.39 is 5.92 Å². The number of alkyl halides is 2. The number of nitrogens with one attached hydrogen (secondary N) is 1. The molecule has 1 atom stereocenters. The van der Waals surface area contributed by atoms with Gasteiger partial charge in [-0.25, -0.2) is 8.78 Å². The van der Waals surface area contributed by atoms with Gasteiger partial charge in [-0.3, -0.25) is 0 Å². The molecule has 1 unspecified atom stereocenters. The highest BCUT2D eigenvalue weighted by atomic mass is 79.9. The van der Waals surface area contributed by atoms with Crippen LogP contribution in [0.25, 0.3) is 0 Å². The summed E-state index contributed by atoms with van der Waals surface area (Å²) in [5.74, 6) is -2.59. The fourth-order valence-corrected chi connectivity index (χ4v) is 2.90. The molecule has 0 saturated carbocycles. The number of hydrogen-bond acceptors (Lipinski definition) is 2. The largest absolute Gasteiger partial charge is 0.496 e. The fraction of sp³-hybridized carbons (Fsp3) is 0.571. The Bertz CT molecular complexity index is 433. The number of methoxy groups -OCH3 is 1. The van der Waals surface area contributed by atoms with Gasteiger partial charge >= 0.3 is 0 Å². The number of rotatable bonds is 4. The molecule has 0 bridgehead atoms. The Morgan fingerprint density at radius 2 is 2.26 bits per heavy atom. The summed E-state index contributed by atoms with van der Waals surface area (Å²) >= 11 is 3.24. The van der Waals surface area contributed by atoms with Crippen LogP contribution in [0.15, 0.2) is 22.7 Å². The van der Waals surface area contributed by atoms with Crippen molar-refractivity contribution >= 4 is 15.9 Å². The highest BCUT2D eigenvalue weighted by Crippen LogP contribution is 2.41. The van der Waals surface area contributed by atoms with Crippen LogP contribution in [0.5, 0.6) is 5.75 Å². The third kappa shape index (κ3) is 3.66. The minimum absolute atomic E-state index is 0.0208. The standard InChI is InChI=1S/C14H18BrF2NO/c1-19-13-5-4-11(15)7-12(13)14(16,17)8-10-3-2-6-18-9-10/h4-5,7,10,18H,2-3,6,8-9H2,1H3. The number of halogens is 3. The molecule has 1 N–H and O–H groups in total. The molecule has 106 valence electrons. The second-order valence-electron chi connectivity index (χ2n) is 4.97. The normalized spacial score (nSPS) is 20.3. The van der Waals surface area contributed by atoms with Crippen LogP contribution in [-0.4, -0.2) is 20.2 Å². The van der Waals surface area contributed by atoms with Crippen LogP contribution in [0.2, 0.25) is 0 Å². The van der Waals surface area contributed by atoms with Crippen LogP contribution < -0.4 is 10.1 Å². The fourth-order valence-electron chi connectivity index (χ4n) is 2.54.